The number of anilines is 2. The minimum Gasteiger partial charge on any atom is -0.462 e. The third kappa shape index (κ3) is 4.35. The highest BCUT2D eigenvalue weighted by Gasteiger charge is 2.33. The van der Waals surface area contributed by atoms with E-state index in [1.807, 2.05) is 12.5 Å². The molecular formula is C29H37N7O. The molecule has 0 bridgehead atoms. The molecule has 1 saturated heterocycles. The van der Waals surface area contributed by atoms with Crippen molar-refractivity contribution in [2.75, 3.05) is 36.5 Å². The highest BCUT2D eigenvalue weighted by atomic mass is 16.5. The van der Waals surface area contributed by atoms with E-state index in [1.54, 1.807) is 0 Å². The maximum absolute atomic E-state index is 6.33. The molecule has 2 aromatic heterocycles. The Bertz CT molecular complexity index is 1290. The van der Waals surface area contributed by atoms with Crippen molar-refractivity contribution in [2.24, 2.45) is 0 Å². The van der Waals surface area contributed by atoms with E-state index in [4.69, 9.17) is 14.7 Å². The van der Waals surface area contributed by atoms with Gasteiger partial charge in [-0.15, -0.1) is 0 Å². The van der Waals surface area contributed by atoms with Gasteiger partial charge < -0.3 is 24.0 Å². The molecule has 1 saturated carbocycles. The molecule has 0 amide bonds. The summed E-state index contributed by atoms with van der Waals surface area (Å²) in [7, 11) is 2.19. The fourth-order valence-corrected chi connectivity index (χ4v) is 6.41. The minimum absolute atomic E-state index is 0.322. The Kier molecular flexibility index (Phi) is 5.80. The predicted molar refractivity (Wildman–Crippen MR) is 144 cm³/mol. The molecule has 2 atom stereocenters. The maximum atomic E-state index is 6.33. The van der Waals surface area contributed by atoms with Crippen molar-refractivity contribution in [1.29, 1.82) is 0 Å². The van der Waals surface area contributed by atoms with Gasteiger partial charge in [0.1, 0.15) is 12.4 Å². The van der Waals surface area contributed by atoms with Crippen LogP contribution in [0.15, 0.2) is 36.8 Å². The summed E-state index contributed by atoms with van der Waals surface area (Å²) in [6.07, 6.45) is 9.90. The molecule has 5 heterocycles. The zero-order valence-corrected chi connectivity index (χ0v) is 22.0. The van der Waals surface area contributed by atoms with Crippen molar-refractivity contribution in [2.45, 2.75) is 76.7 Å². The van der Waals surface area contributed by atoms with Gasteiger partial charge in [-0.3, -0.25) is 0 Å². The number of rotatable bonds is 6. The van der Waals surface area contributed by atoms with E-state index in [-0.39, 0.29) is 0 Å². The van der Waals surface area contributed by atoms with Crippen molar-refractivity contribution in [1.82, 2.24) is 24.4 Å². The van der Waals surface area contributed by atoms with Crippen molar-refractivity contribution in [3.63, 3.8) is 0 Å². The molecule has 3 aliphatic heterocycles. The van der Waals surface area contributed by atoms with E-state index in [9.17, 15) is 0 Å². The van der Waals surface area contributed by atoms with E-state index in [1.165, 1.54) is 48.2 Å². The molecule has 0 radical (unpaired) electrons. The number of benzene rings is 1. The SMILES string of the molecule is C[C@@H]1Cn2cncc2CN1c1nc(OC[C@@H]2CCCN2C)nc2c1CCN(c1ccccc1C1CC1)C2. The Morgan fingerprint density at radius 2 is 1.95 bits per heavy atom. The first kappa shape index (κ1) is 23.0. The van der Waals surface area contributed by atoms with Gasteiger partial charge in [0.05, 0.1) is 30.8 Å². The van der Waals surface area contributed by atoms with Gasteiger partial charge >= 0.3 is 6.01 Å². The second-order valence-corrected chi connectivity index (χ2v) is 11.4. The molecular weight excluding hydrogens is 462 g/mol. The van der Waals surface area contributed by atoms with E-state index in [0.717, 1.165) is 56.6 Å². The molecule has 8 nitrogen and oxygen atoms in total. The van der Waals surface area contributed by atoms with Crippen molar-refractivity contribution >= 4 is 11.5 Å². The Morgan fingerprint density at radius 1 is 1.05 bits per heavy atom. The minimum atomic E-state index is 0.322. The predicted octanol–water partition coefficient (Wildman–Crippen LogP) is 3.99. The van der Waals surface area contributed by atoms with Crippen molar-refractivity contribution < 1.29 is 4.74 Å². The van der Waals surface area contributed by atoms with Crippen LogP contribution >= 0.6 is 0 Å². The van der Waals surface area contributed by atoms with Gasteiger partial charge in [0.15, 0.2) is 0 Å². The number of hydrogen-bond acceptors (Lipinski definition) is 7. The van der Waals surface area contributed by atoms with Crippen LogP contribution in [0.25, 0.3) is 0 Å². The first-order valence-electron chi connectivity index (χ1n) is 14.0. The zero-order chi connectivity index (χ0) is 24.9. The molecule has 4 aliphatic rings. The summed E-state index contributed by atoms with van der Waals surface area (Å²) in [5.41, 5.74) is 6.50. The number of aromatic nitrogens is 4. The van der Waals surface area contributed by atoms with Crippen LogP contribution in [0.4, 0.5) is 11.5 Å². The monoisotopic (exact) mass is 499 g/mol. The number of likely N-dealkylation sites (N-methyl/N-ethyl adjacent to an activating group) is 1. The molecule has 194 valence electrons. The molecule has 7 rings (SSSR count). The number of nitrogens with zero attached hydrogens (tertiary/aromatic N) is 7. The molecule has 0 unspecified atom stereocenters. The molecule has 0 spiro atoms. The summed E-state index contributed by atoms with van der Waals surface area (Å²) in [5, 5.41) is 0. The Balaban J connectivity index is 1.23. The smallest absolute Gasteiger partial charge is 0.318 e. The summed E-state index contributed by atoms with van der Waals surface area (Å²) in [6.45, 7) is 7.58. The van der Waals surface area contributed by atoms with Gasteiger partial charge in [0.25, 0.3) is 0 Å². The van der Waals surface area contributed by atoms with Gasteiger partial charge in [-0.1, -0.05) is 18.2 Å². The first-order chi connectivity index (χ1) is 18.1. The lowest BCUT2D eigenvalue weighted by atomic mass is 10.0. The van der Waals surface area contributed by atoms with Crippen molar-refractivity contribution in [3.05, 3.63) is 59.3 Å². The summed E-state index contributed by atoms with van der Waals surface area (Å²) < 4.78 is 8.60. The van der Waals surface area contributed by atoms with E-state index in [0.29, 0.717) is 24.7 Å². The third-order valence-corrected chi connectivity index (χ3v) is 8.79. The fraction of sp³-hybridized carbons (Fsp3) is 0.552. The Morgan fingerprint density at radius 3 is 2.78 bits per heavy atom. The van der Waals surface area contributed by atoms with Crippen LogP contribution in [0, 0.1) is 0 Å². The lowest BCUT2D eigenvalue weighted by Crippen LogP contribution is -2.43. The average molecular weight is 500 g/mol. The van der Waals surface area contributed by atoms with Gasteiger partial charge in [0.2, 0.25) is 0 Å². The van der Waals surface area contributed by atoms with Gasteiger partial charge in [-0.25, -0.2) is 4.98 Å². The lowest BCUT2D eigenvalue weighted by Gasteiger charge is -2.39. The highest BCUT2D eigenvalue weighted by Crippen LogP contribution is 2.45. The van der Waals surface area contributed by atoms with Gasteiger partial charge in [-0.2, -0.15) is 9.97 Å². The summed E-state index contributed by atoms with van der Waals surface area (Å²) in [6, 6.07) is 10.3. The molecule has 2 fully saturated rings. The van der Waals surface area contributed by atoms with Gasteiger partial charge in [-0.05, 0) is 70.2 Å². The van der Waals surface area contributed by atoms with Crippen LogP contribution in [0.1, 0.15) is 61.0 Å². The van der Waals surface area contributed by atoms with Crippen LogP contribution in [0.5, 0.6) is 6.01 Å². The maximum Gasteiger partial charge on any atom is 0.318 e. The average Bonchev–Trinajstić information content (AvgIpc) is 3.53. The topological polar surface area (TPSA) is 62.6 Å². The van der Waals surface area contributed by atoms with Gasteiger partial charge in [0, 0.05) is 42.6 Å². The number of fused-ring (bicyclic) bond motifs is 2. The lowest BCUT2D eigenvalue weighted by molar-refractivity contribution is 0.187. The largest absolute Gasteiger partial charge is 0.462 e. The Hall–Kier alpha value is -3.13. The van der Waals surface area contributed by atoms with Crippen LogP contribution in [-0.2, 0) is 26.1 Å². The second kappa shape index (κ2) is 9.31. The molecule has 1 aromatic carbocycles. The third-order valence-electron chi connectivity index (χ3n) is 8.79. The van der Waals surface area contributed by atoms with Crippen LogP contribution in [-0.4, -0.2) is 63.2 Å². The quantitative estimate of drug-likeness (QED) is 0.508. The zero-order valence-electron chi connectivity index (χ0n) is 22.0. The van der Waals surface area contributed by atoms with E-state index < -0.39 is 0 Å². The van der Waals surface area contributed by atoms with Crippen molar-refractivity contribution in [3.8, 4) is 6.01 Å². The number of likely N-dealkylation sites (tertiary alicyclic amines) is 1. The summed E-state index contributed by atoms with van der Waals surface area (Å²) >= 11 is 0. The molecule has 8 heteroatoms. The standard InChI is InChI=1S/C29H37N7O/c1-20-15-35-19-30-14-23(35)16-36(20)28-25-11-13-34(27-8-4-3-7-24(27)21-9-10-21)17-26(25)31-29(32-28)37-18-22-6-5-12-33(22)2/h3-4,7-8,14,19-22H,5-6,9-13,15-18H2,1-2H3/t20-,22+/m1/s1. The van der Waals surface area contributed by atoms with Crippen LogP contribution in [0.3, 0.4) is 0 Å². The van der Waals surface area contributed by atoms with E-state index in [2.05, 4.69) is 62.5 Å². The molecule has 1 aliphatic carbocycles. The fourth-order valence-electron chi connectivity index (χ4n) is 6.41. The normalized spacial score (nSPS) is 23.7. The first-order valence-corrected chi connectivity index (χ1v) is 14.0. The Labute approximate surface area is 219 Å². The van der Waals surface area contributed by atoms with Crippen LogP contribution < -0.4 is 14.5 Å². The summed E-state index contributed by atoms with van der Waals surface area (Å²) in [5.74, 6) is 1.77. The molecule has 3 aromatic rings. The second-order valence-electron chi connectivity index (χ2n) is 11.4. The number of para-hydroxylation sites is 1. The molecule has 0 N–H and O–H groups in total. The number of ether oxygens (including phenoxy) is 1. The van der Waals surface area contributed by atoms with Crippen LogP contribution in [0.2, 0.25) is 0 Å². The summed E-state index contributed by atoms with van der Waals surface area (Å²) in [4.78, 5) is 21.9. The van der Waals surface area contributed by atoms with E-state index >= 15 is 0 Å². The number of hydrogen-bond donors (Lipinski definition) is 0. The number of imidazole rings is 1. The molecule has 37 heavy (non-hydrogen) atoms. The highest BCUT2D eigenvalue weighted by molar-refractivity contribution is 5.60.